The molecule has 0 saturated carbocycles. The third-order valence-electron chi connectivity index (χ3n) is 5.18. The number of anilines is 1. The molecule has 6 heteroatoms. The first-order valence-corrected chi connectivity index (χ1v) is 10.1. The molecule has 5 nitrogen and oxygen atoms in total. The van der Waals surface area contributed by atoms with Crippen molar-refractivity contribution in [1.29, 1.82) is 0 Å². The van der Waals surface area contributed by atoms with Crippen LogP contribution in [0.2, 0.25) is 5.02 Å². The maximum absolute atomic E-state index is 12.6. The summed E-state index contributed by atoms with van der Waals surface area (Å²) in [6.45, 7) is 4.96. The van der Waals surface area contributed by atoms with Crippen molar-refractivity contribution >= 4 is 23.3 Å². The number of nitrogens with zero attached hydrogens (tertiary/aromatic N) is 4. The van der Waals surface area contributed by atoms with Crippen molar-refractivity contribution in [3.8, 4) is 11.3 Å². The van der Waals surface area contributed by atoms with Crippen LogP contribution in [0.15, 0.2) is 60.7 Å². The van der Waals surface area contributed by atoms with Crippen molar-refractivity contribution in [1.82, 2.24) is 15.1 Å². The van der Waals surface area contributed by atoms with Gasteiger partial charge in [0, 0.05) is 36.8 Å². The number of aromatic nitrogens is 2. The van der Waals surface area contributed by atoms with Gasteiger partial charge in [-0.2, -0.15) is 0 Å². The average molecular weight is 407 g/mol. The van der Waals surface area contributed by atoms with Crippen molar-refractivity contribution in [2.75, 3.05) is 31.1 Å². The Morgan fingerprint density at radius 2 is 1.72 bits per heavy atom. The molecule has 1 aliphatic rings. The van der Waals surface area contributed by atoms with E-state index in [1.165, 1.54) is 5.56 Å². The molecule has 1 aromatic heterocycles. The number of benzene rings is 2. The highest BCUT2D eigenvalue weighted by molar-refractivity contribution is 6.30. The van der Waals surface area contributed by atoms with E-state index in [0.717, 1.165) is 35.7 Å². The molecule has 1 saturated heterocycles. The minimum atomic E-state index is 0.180. The molecular formula is C23H23ClN4O. The number of carbonyl (C=O) groups is 1. The first-order valence-electron chi connectivity index (χ1n) is 9.76. The minimum absolute atomic E-state index is 0.180. The lowest BCUT2D eigenvalue weighted by atomic mass is 10.1. The van der Waals surface area contributed by atoms with E-state index in [1.807, 2.05) is 66.4 Å². The van der Waals surface area contributed by atoms with Gasteiger partial charge in [-0.15, -0.1) is 10.2 Å². The molecule has 4 rings (SSSR count). The van der Waals surface area contributed by atoms with Gasteiger partial charge in [-0.1, -0.05) is 53.6 Å². The standard InChI is InChI=1S/C23H23ClN4O/c1-17-3-2-4-18(15-17)16-23(29)28-13-11-27(12-14-28)22-10-9-21(25-26-22)19-5-7-20(24)8-6-19/h2-10,15H,11-14,16H2,1H3. The number of rotatable bonds is 4. The highest BCUT2D eigenvalue weighted by Crippen LogP contribution is 2.21. The molecule has 0 bridgehead atoms. The van der Waals surface area contributed by atoms with Gasteiger partial charge in [0.05, 0.1) is 12.1 Å². The number of aryl methyl sites for hydroxylation is 1. The Balaban J connectivity index is 1.34. The van der Waals surface area contributed by atoms with Crippen LogP contribution in [-0.4, -0.2) is 47.2 Å². The Hall–Kier alpha value is -2.92. The van der Waals surface area contributed by atoms with Crippen LogP contribution < -0.4 is 4.90 Å². The van der Waals surface area contributed by atoms with Gasteiger partial charge in [-0.05, 0) is 36.8 Å². The maximum Gasteiger partial charge on any atom is 0.227 e. The molecule has 0 spiro atoms. The van der Waals surface area contributed by atoms with Crippen molar-refractivity contribution in [2.24, 2.45) is 0 Å². The fourth-order valence-electron chi connectivity index (χ4n) is 3.56. The third kappa shape index (κ3) is 4.74. The number of hydrogen-bond donors (Lipinski definition) is 0. The molecule has 0 N–H and O–H groups in total. The SMILES string of the molecule is Cc1cccc(CC(=O)N2CCN(c3ccc(-c4ccc(Cl)cc4)nn3)CC2)c1. The second-order valence-corrected chi connectivity index (χ2v) is 7.75. The zero-order valence-electron chi connectivity index (χ0n) is 16.4. The Kier molecular flexibility index (Phi) is 5.76. The van der Waals surface area contributed by atoms with E-state index < -0.39 is 0 Å². The van der Waals surface area contributed by atoms with Crippen molar-refractivity contribution in [3.05, 3.63) is 76.8 Å². The summed E-state index contributed by atoms with van der Waals surface area (Å²) in [4.78, 5) is 16.7. The largest absolute Gasteiger partial charge is 0.352 e. The summed E-state index contributed by atoms with van der Waals surface area (Å²) in [6.07, 6.45) is 0.456. The summed E-state index contributed by atoms with van der Waals surface area (Å²) in [5.41, 5.74) is 4.05. The molecule has 1 aliphatic heterocycles. The molecular weight excluding hydrogens is 384 g/mol. The van der Waals surface area contributed by atoms with Crippen LogP contribution in [0.4, 0.5) is 5.82 Å². The first kappa shape index (κ1) is 19.4. The molecule has 148 valence electrons. The van der Waals surface area contributed by atoms with E-state index in [9.17, 15) is 4.79 Å². The normalized spacial score (nSPS) is 14.1. The van der Waals surface area contributed by atoms with E-state index in [1.54, 1.807) is 0 Å². The zero-order valence-corrected chi connectivity index (χ0v) is 17.1. The molecule has 3 aromatic rings. The number of hydrogen-bond acceptors (Lipinski definition) is 4. The van der Waals surface area contributed by atoms with E-state index in [0.29, 0.717) is 24.5 Å². The topological polar surface area (TPSA) is 49.3 Å². The summed E-state index contributed by atoms with van der Waals surface area (Å²) < 4.78 is 0. The van der Waals surface area contributed by atoms with Gasteiger partial charge in [0.2, 0.25) is 5.91 Å². The lowest BCUT2D eigenvalue weighted by molar-refractivity contribution is -0.130. The third-order valence-corrected chi connectivity index (χ3v) is 5.44. The highest BCUT2D eigenvalue weighted by Gasteiger charge is 2.22. The van der Waals surface area contributed by atoms with Crippen LogP contribution in [0, 0.1) is 6.92 Å². The Labute approximate surface area is 175 Å². The number of amides is 1. The van der Waals surface area contributed by atoms with Gasteiger partial charge in [0.1, 0.15) is 0 Å². The quantitative estimate of drug-likeness (QED) is 0.657. The van der Waals surface area contributed by atoms with Crippen molar-refractivity contribution in [2.45, 2.75) is 13.3 Å². The van der Waals surface area contributed by atoms with Crippen LogP contribution >= 0.6 is 11.6 Å². The summed E-state index contributed by atoms with van der Waals surface area (Å²) in [5, 5.41) is 9.45. The maximum atomic E-state index is 12.6. The second kappa shape index (κ2) is 8.62. The van der Waals surface area contributed by atoms with Crippen LogP contribution in [0.3, 0.4) is 0 Å². The summed E-state index contributed by atoms with van der Waals surface area (Å²) in [6, 6.07) is 19.7. The predicted octanol–water partition coefficient (Wildman–Crippen LogP) is 4.00. The van der Waals surface area contributed by atoms with E-state index in [-0.39, 0.29) is 5.91 Å². The predicted molar refractivity (Wildman–Crippen MR) is 116 cm³/mol. The minimum Gasteiger partial charge on any atom is -0.352 e. The summed E-state index contributed by atoms with van der Waals surface area (Å²) in [5.74, 6) is 1.02. The van der Waals surface area contributed by atoms with Gasteiger partial charge in [-0.25, -0.2) is 0 Å². The van der Waals surface area contributed by atoms with Gasteiger partial charge < -0.3 is 9.80 Å². The Bertz CT molecular complexity index is 981. The summed E-state index contributed by atoms with van der Waals surface area (Å²) >= 11 is 5.94. The van der Waals surface area contributed by atoms with E-state index in [4.69, 9.17) is 11.6 Å². The van der Waals surface area contributed by atoms with E-state index in [2.05, 4.69) is 21.2 Å². The first-order chi connectivity index (χ1) is 14.1. The van der Waals surface area contributed by atoms with Crippen LogP contribution in [-0.2, 0) is 11.2 Å². The molecule has 2 aromatic carbocycles. The lowest BCUT2D eigenvalue weighted by Gasteiger charge is -2.35. The number of halogens is 1. The molecule has 0 atom stereocenters. The fraction of sp³-hybridized carbons (Fsp3) is 0.261. The molecule has 1 fully saturated rings. The molecule has 1 amide bonds. The molecule has 29 heavy (non-hydrogen) atoms. The van der Waals surface area contributed by atoms with Crippen molar-refractivity contribution in [3.63, 3.8) is 0 Å². The van der Waals surface area contributed by atoms with Gasteiger partial charge in [-0.3, -0.25) is 4.79 Å². The zero-order chi connectivity index (χ0) is 20.2. The van der Waals surface area contributed by atoms with Gasteiger partial charge in [0.15, 0.2) is 5.82 Å². The number of piperazine rings is 1. The van der Waals surface area contributed by atoms with Gasteiger partial charge in [0.25, 0.3) is 0 Å². The Morgan fingerprint density at radius 1 is 0.966 bits per heavy atom. The summed E-state index contributed by atoms with van der Waals surface area (Å²) in [7, 11) is 0. The lowest BCUT2D eigenvalue weighted by Crippen LogP contribution is -2.49. The molecule has 0 aliphatic carbocycles. The highest BCUT2D eigenvalue weighted by atomic mass is 35.5. The molecule has 2 heterocycles. The fourth-order valence-corrected chi connectivity index (χ4v) is 3.69. The number of carbonyl (C=O) groups excluding carboxylic acids is 1. The van der Waals surface area contributed by atoms with Crippen LogP contribution in [0.5, 0.6) is 0 Å². The van der Waals surface area contributed by atoms with E-state index >= 15 is 0 Å². The van der Waals surface area contributed by atoms with Crippen LogP contribution in [0.1, 0.15) is 11.1 Å². The smallest absolute Gasteiger partial charge is 0.227 e. The average Bonchev–Trinajstić information content (AvgIpc) is 2.75. The Morgan fingerprint density at radius 3 is 2.38 bits per heavy atom. The van der Waals surface area contributed by atoms with Crippen LogP contribution in [0.25, 0.3) is 11.3 Å². The second-order valence-electron chi connectivity index (χ2n) is 7.32. The molecule has 0 radical (unpaired) electrons. The monoisotopic (exact) mass is 406 g/mol. The van der Waals surface area contributed by atoms with Crippen molar-refractivity contribution < 1.29 is 4.79 Å². The molecule has 0 unspecified atom stereocenters. The van der Waals surface area contributed by atoms with Gasteiger partial charge >= 0.3 is 0 Å².